The number of hydrogen-bond donors (Lipinski definition) is 2. The van der Waals surface area contributed by atoms with Gasteiger partial charge in [-0.1, -0.05) is 29.8 Å². The van der Waals surface area contributed by atoms with Gasteiger partial charge in [0.05, 0.1) is 13.7 Å². The van der Waals surface area contributed by atoms with Crippen molar-refractivity contribution in [3.8, 4) is 11.5 Å². The zero-order chi connectivity index (χ0) is 15.8. The van der Waals surface area contributed by atoms with E-state index in [4.69, 9.17) is 26.2 Å². The molecule has 0 aliphatic rings. The highest BCUT2D eigenvalue weighted by atomic mass is 35.5. The van der Waals surface area contributed by atoms with Gasteiger partial charge in [-0.15, -0.1) is 0 Å². The number of aliphatic hydroxyl groups excluding tert-OH is 1. The molecule has 0 fully saturated rings. The summed E-state index contributed by atoms with van der Waals surface area (Å²) in [7, 11) is 1.62. The molecule has 4 nitrogen and oxygen atoms in total. The fourth-order valence-electron chi connectivity index (χ4n) is 2.04. The summed E-state index contributed by atoms with van der Waals surface area (Å²) in [5, 5.41) is 12.6. The van der Waals surface area contributed by atoms with Gasteiger partial charge in [-0.2, -0.15) is 0 Å². The third-order valence-corrected chi connectivity index (χ3v) is 3.36. The molecule has 0 saturated carbocycles. The van der Waals surface area contributed by atoms with Crippen LogP contribution in [0.5, 0.6) is 11.5 Å². The van der Waals surface area contributed by atoms with Gasteiger partial charge >= 0.3 is 0 Å². The SMILES string of the molecule is COc1ccc(CNCCO)cc1OCc1cccc(Cl)c1. The quantitative estimate of drug-likeness (QED) is 0.734. The fourth-order valence-corrected chi connectivity index (χ4v) is 2.26. The van der Waals surface area contributed by atoms with Crippen LogP contribution >= 0.6 is 11.6 Å². The minimum absolute atomic E-state index is 0.119. The Kier molecular flexibility index (Phi) is 6.52. The van der Waals surface area contributed by atoms with E-state index in [1.807, 2.05) is 42.5 Å². The molecule has 22 heavy (non-hydrogen) atoms. The first-order chi connectivity index (χ1) is 10.7. The summed E-state index contributed by atoms with van der Waals surface area (Å²) in [6, 6.07) is 13.4. The molecule has 0 atom stereocenters. The van der Waals surface area contributed by atoms with Crippen LogP contribution in [0.1, 0.15) is 11.1 Å². The average molecular weight is 322 g/mol. The lowest BCUT2D eigenvalue weighted by atomic mass is 10.2. The molecule has 2 rings (SSSR count). The molecular weight excluding hydrogens is 302 g/mol. The fraction of sp³-hybridized carbons (Fsp3) is 0.294. The molecule has 0 amide bonds. The van der Waals surface area contributed by atoms with Crippen LogP contribution < -0.4 is 14.8 Å². The van der Waals surface area contributed by atoms with Crippen molar-refractivity contribution in [1.82, 2.24) is 5.32 Å². The van der Waals surface area contributed by atoms with Crippen LogP contribution in [0.4, 0.5) is 0 Å². The van der Waals surface area contributed by atoms with Crippen molar-refractivity contribution in [3.05, 3.63) is 58.6 Å². The third kappa shape index (κ3) is 4.91. The molecule has 0 bridgehead atoms. The highest BCUT2D eigenvalue weighted by Crippen LogP contribution is 2.29. The maximum absolute atomic E-state index is 8.80. The van der Waals surface area contributed by atoms with E-state index in [9.17, 15) is 0 Å². The molecule has 5 heteroatoms. The maximum atomic E-state index is 8.80. The first-order valence-electron chi connectivity index (χ1n) is 7.08. The summed E-state index contributed by atoms with van der Waals surface area (Å²) < 4.78 is 11.2. The summed E-state index contributed by atoms with van der Waals surface area (Å²) in [5.41, 5.74) is 2.06. The van der Waals surface area contributed by atoms with Crippen LogP contribution in [0.25, 0.3) is 0 Å². The molecule has 0 aromatic heterocycles. The molecule has 2 aromatic carbocycles. The molecule has 2 N–H and O–H groups in total. The summed E-state index contributed by atoms with van der Waals surface area (Å²) >= 11 is 5.97. The molecule has 0 aliphatic carbocycles. The predicted octanol–water partition coefficient (Wildman–Crippen LogP) is 3.01. The second kappa shape index (κ2) is 8.63. The zero-order valence-electron chi connectivity index (χ0n) is 12.5. The lowest BCUT2D eigenvalue weighted by Gasteiger charge is -2.13. The van der Waals surface area contributed by atoms with Gasteiger partial charge in [-0.05, 0) is 35.4 Å². The molecule has 0 unspecified atom stereocenters. The van der Waals surface area contributed by atoms with Gasteiger partial charge in [0.15, 0.2) is 11.5 Å². The Balaban J connectivity index is 2.05. The molecule has 0 heterocycles. The van der Waals surface area contributed by atoms with Crippen LogP contribution in [0.3, 0.4) is 0 Å². The number of rotatable bonds is 8. The summed E-state index contributed by atoms with van der Waals surface area (Å²) in [5.74, 6) is 1.37. The second-order valence-corrected chi connectivity index (χ2v) is 5.24. The number of methoxy groups -OCH3 is 1. The van der Waals surface area contributed by atoms with Crippen molar-refractivity contribution in [2.75, 3.05) is 20.3 Å². The number of halogens is 1. The Morgan fingerprint density at radius 2 is 1.95 bits per heavy atom. The molecule has 2 aromatic rings. The Labute approximate surface area is 135 Å². The van der Waals surface area contributed by atoms with E-state index < -0.39 is 0 Å². The minimum atomic E-state index is 0.119. The van der Waals surface area contributed by atoms with Crippen LogP contribution in [-0.4, -0.2) is 25.4 Å². The van der Waals surface area contributed by atoms with Gasteiger partial charge in [-0.3, -0.25) is 0 Å². The smallest absolute Gasteiger partial charge is 0.161 e. The van der Waals surface area contributed by atoms with E-state index >= 15 is 0 Å². The summed E-state index contributed by atoms with van der Waals surface area (Å²) in [6.45, 7) is 1.77. The van der Waals surface area contributed by atoms with Crippen molar-refractivity contribution in [1.29, 1.82) is 0 Å². The molecular formula is C17H20ClNO3. The van der Waals surface area contributed by atoms with Gasteiger partial charge in [-0.25, -0.2) is 0 Å². The van der Waals surface area contributed by atoms with Gasteiger partial charge in [0.25, 0.3) is 0 Å². The second-order valence-electron chi connectivity index (χ2n) is 4.80. The standard InChI is InChI=1S/C17H20ClNO3/c1-21-16-6-5-13(11-19-7-8-20)10-17(16)22-12-14-3-2-4-15(18)9-14/h2-6,9-10,19-20H,7-8,11-12H2,1H3. The number of hydrogen-bond acceptors (Lipinski definition) is 4. The van der Waals surface area contributed by atoms with E-state index in [0.717, 1.165) is 11.1 Å². The summed E-state index contributed by atoms with van der Waals surface area (Å²) in [4.78, 5) is 0. The van der Waals surface area contributed by atoms with Gasteiger partial charge in [0, 0.05) is 18.1 Å². The number of ether oxygens (including phenoxy) is 2. The molecule has 0 aliphatic heterocycles. The van der Waals surface area contributed by atoms with Gasteiger partial charge in [0.1, 0.15) is 6.61 Å². The number of benzene rings is 2. The molecule has 118 valence electrons. The van der Waals surface area contributed by atoms with E-state index in [0.29, 0.717) is 36.2 Å². The largest absolute Gasteiger partial charge is 0.493 e. The first kappa shape index (κ1) is 16.6. The first-order valence-corrected chi connectivity index (χ1v) is 7.46. The topological polar surface area (TPSA) is 50.7 Å². The van der Waals surface area contributed by atoms with E-state index in [-0.39, 0.29) is 6.61 Å². The van der Waals surface area contributed by atoms with Crippen LogP contribution in [-0.2, 0) is 13.2 Å². The maximum Gasteiger partial charge on any atom is 0.161 e. The van der Waals surface area contributed by atoms with E-state index in [1.165, 1.54) is 0 Å². The Bertz CT molecular complexity index is 604. The van der Waals surface area contributed by atoms with Crippen molar-refractivity contribution >= 4 is 11.6 Å². The van der Waals surface area contributed by atoms with E-state index in [1.54, 1.807) is 7.11 Å². The average Bonchev–Trinajstić information content (AvgIpc) is 2.53. The Hall–Kier alpha value is -1.75. The van der Waals surface area contributed by atoms with Crippen molar-refractivity contribution in [2.24, 2.45) is 0 Å². The van der Waals surface area contributed by atoms with Crippen LogP contribution in [0.2, 0.25) is 5.02 Å². The molecule has 0 spiro atoms. The minimum Gasteiger partial charge on any atom is -0.493 e. The van der Waals surface area contributed by atoms with Crippen LogP contribution in [0.15, 0.2) is 42.5 Å². The molecule has 0 radical (unpaired) electrons. The third-order valence-electron chi connectivity index (χ3n) is 3.13. The zero-order valence-corrected chi connectivity index (χ0v) is 13.3. The lowest BCUT2D eigenvalue weighted by Crippen LogP contribution is -2.17. The number of nitrogens with one attached hydrogen (secondary N) is 1. The Morgan fingerprint density at radius 1 is 1.09 bits per heavy atom. The monoisotopic (exact) mass is 321 g/mol. The summed E-state index contributed by atoms with van der Waals surface area (Å²) in [6.07, 6.45) is 0. The van der Waals surface area contributed by atoms with Gasteiger partial charge in [0.2, 0.25) is 0 Å². The molecule has 0 saturated heterocycles. The number of aliphatic hydroxyl groups is 1. The van der Waals surface area contributed by atoms with Crippen molar-refractivity contribution in [3.63, 3.8) is 0 Å². The van der Waals surface area contributed by atoms with E-state index in [2.05, 4.69) is 5.32 Å². The highest BCUT2D eigenvalue weighted by molar-refractivity contribution is 6.30. The lowest BCUT2D eigenvalue weighted by molar-refractivity contribution is 0.283. The Morgan fingerprint density at radius 3 is 2.68 bits per heavy atom. The predicted molar refractivity (Wildman–Crippen MR) is 87.6 cm³/mol. The normalized spacial score (nSPS) is 10.5. The highest BCUT2D eigenvalue weighted by Gasteiger charge is 2.06. The van der Waals surface area contributed by atoms with Crippen molar-refractivity contribution in [2.45, 2.75) is 13.2 Å². The van der Waals surface area contributed by atoms with Crippen molar-refractivity contribution < 1.29 is 14.6 Å². The van der Waals surface area contributed by atoms with Crippen LogP contribution in [0, 0.1) is 0 Å². The van der Waals surface area contributed by atoms with Gasteiger partial charge < -0.3 is 19.9 Å².